The lowest BCUT2D eigenvalue weighted by Crippen LogP contribution is -3.06. The maximum absolute atomic E-state index is 12.8. The van der Waals surface area contributed by atoms with Crippen LogP contribution in [0.5, 0.6) is 0 Å². The van der Waals surface area contributed by atoms with Gasteiger partial charge >= 0.3 is 0 Å². The van der Waals surface area contributed by atoms with Gasteiger partial charge in [0.1, 0.15) is 19.6 Å². The number of halogens is 1. The van der Waals surface area contributed by atoms with Gasteiger partial charge in [0.05, 0.1) is 18.0 Å². The lowest BCUT2D eigenvalue weighted by molar-refractivity contribution is -0.908. The molecule has 1 atom stereocenters. The molecule has 1 aromatic heterocycles. The lowest BCUT2D eigenvalue weighted by Gasteiger charge is -2.17. The van der Waals surface area contributed by atoms with Gasteiger partial charge in [0.15, 0.2) is 5.82 Å². The first-order chi connectivity index (χ1) is 12.5. The minimum Gasteiger partial charge on any atom is -0.368 e. The van der Waals surface area contributed by atoms with Crippen molar-refractivity contribution in [3.05, 3.63) is 75.3 Å². The molecule has 1 unspecified atom stereocenters. The van der Waals surface area contributed by atoms with Crippen molar-refractivity contribution in [1.82, 2.24) is 9.55 Å². The summed E-state index contributed by atoms with van der Waals surface area (Å²) >= 11 is 6.23. The van der Waals surface area contributed by atoms with Gasteiger partial charge in [-0.25, -0.2) is 4.98 Å². The van der Waals surface area contributed by atoms with Gasteiger partial charge in [0.25, 0.3) is 5.56 Å². The highest BCUT2D eigenvalue weighted by Crippen LogP contribution is 2.13. The summed E-state index contributed by atoms with van der Waals surface area (Å²) in [6, 6.07) is 14.7. The number of primary amides is 1. The number of carbonyl (C=O) groups excluding carboxylic acids is 1. The number of fused-ring (bicyclic) bond motifs is 1. The molecule has 0 bridgehead atoms. The number of para-hydroxylation sites is 1. The van der Waals surface area contributed by atoms with Crippen molar-refractivity contribution in [3.63, 3.8) is 0 Å². The Labute approximate surface area is 155 Å². The zero-order chi connectivity index (χ0) is 18.7. The molecule has 1 heterocycles. The molecule has 3 N–H and O–H groups in total. The largest absolute Gasteiger partial charge is 0.368 e. The average molecular weight is 372 g/mol. The van der Waals surface area contributed by atoms with Crippen LogP contribution in [0, 0.1) is 0 Å². The van der Waals surface area contributed by atoms with Crippen LogP contribution in [0.4, 0.5) is 0 Å². The Balaban J connectivity index is 1.96. The Hall–Kier alpha value is -2.70. The molecule has 0 radical (unpaired) electrons. The topological polar surface area (TPSA) is 82.4 Å². The van der Waals surface area contributed by atoms with Crippen LogP contribution in [0.25, 0.3) is 10.9 Å². The number of hydrogen-bond acceptors (Lipinski definition) is 3. The van der Waals surface area contributed by atoms with E-state index in [2.05, 4.69) is 4.98 Å². The molecule has 3 rings (SSSR count). The fourth-order valence-electron chi connectivity index (χ4n) is 2.97. The fraction of sp³-hybridized carbons (Fsp3) is 0.211. The third-order valence-corrected chi connectivity index (χ3v) is 4.53. The van der Waals surface area contributed by atoms with E-state index in [9.17, 15) is 9.59 Å². The number of nitrogens with zero attached hydrogens (tertiary/aromatic N) is 2. The molecule has 0 saturated carbocycles. The SMILES string of the molecule is C[NH+](Cc1ccccc1Cl)Cc1nc2ccccc2c(=O)n1CC(N)=O. The summed E-state index contributed by atoms with van der Waals surface area (Å²) in [7, 11) is 1.99. The number of quaternary nitrogens is 1. The van der Waals surface area contributed by atoms with Crippen molar-refractivity contribution in [2.45, 2.75) is 19.6 Å². The average Bonchev–Trinajstić information content (AvgIpc) is 2.60. The maximum atomic E-state index is 12.8. The zero-order valence-corrected chi connectivity index (χ0v) is 15.2. The van der Waals surface area contributed by atoms with Crippen LogP contribution >= 0.6 is 11.6 Å². The van der Waals surface area contributed by atoms with Gasteiger partial charge in [0, 0.05) is 10.6 Å². The van der Waals surface area contributed by atoms with Crippen molar-refractivity contribution in [1.29, 1.82) is 0 Å². The van der Waals surface area contributed by atoms with E-state index in [1.54, 1.807) is 18.2 Å². The molecule has 134 valence electrons. The van der Waals surface area contributed by atoms with Crippen LogP contribution < -0.4 is 16.2 Å². The molecule has 0 fully saturated rings. The Bertz CT molecular complexity index is 1020. The third kappa shape index (κ3) is 3.92. The predicted molar refractivity (Wildman–Crippen MR) is 101 cm³/mol. The molecular weight excluding hydrogens is 352 g/mol. The van der Waals surface area contributed by atoms with Crippen LogP contribution in [-0.2, 0) is 24.4 Å². The molecule has 0 spiro atoms. The van der Waals surface area contributed by atoms with Crippen molar-refractivity contribution in [3.8, 4) is 0 Å². The number of carbonyl (C=O) groups is 1. The minimum atomic E-state index is -0.575. The summed E-state index contributed by atoms with van der Waals surface area (Å²) in [6.07, 6.45) is 0. The molecule has 3 aromatic rings. The van der Waals surface area contributed by atoms with Gasteiger partial charge in [-0.05, 0) is 18.2 Å². The molecule has 0 aliphatic carbocycles. The van der Waals surface area contributed by atoms with E-state index in [0.717, 1.165) is 10.5 Å². The first kappa shape index (κ1) is 18.1. The van der Waals surface area contributed by atoms with Gasteiger partial charge in [-0.3, -0.25) is 14.2 Å². The van der Waals surface area contributed by atoms with Crippen LogP contribution in [0.2, 0.25) is 5.02 Å². The highest BCUT2D eigenvalue weighted by Gasteiger charge is 2.17. The Morgan fingerprint density at radius 2 is 1.85 bits per heavy atom. The number of benzene rings is 2. The van der Waals surface area contributed by atoms with Crippen molar-refractivity contribution >= 4 is 28.4 Å². The van der Waals surface area contributed by atoms with Gasteiger partial charge in [-0.2, -0.15) is 0 Å². The van der Waals surface area contributed by atoms with Crippen molar-refractivity contribution in [2.75, 3.05) is 7.05 Å². The molecule has 0 aliphatic heterocycles. The summed E-state index contributed by atoms with van der Waals surface area (Å²) in [5.74, 6) is -0.0498. The Kier molecular flexibility index (Phi) is 5.35. The maximum Gasteiger partial charge on any atom is 0.262 e. The van der Waals surface area contributed by atoms with Crippen molar-refractivity contribution < 1.29 is 9.69 Å². The highest BCUT2D eigenvalue weighted by atomic mass is 35.5. The number of hydrogen-bond donors (Lipinski definition) is 2. The third-order valence-electron chi connectivity index (χ3n) is 4.16. The molecule has 1 amide bonds. The van der Waals surface area contributed by atoms with Crippen LogP contribution in [0.3, 0.4) is 0 Å². The van der Waals surface area contributed by atoms with E-state index in [0.29, 0.717) is 34.8 Å². The van der Waals surface area contributed by atoms with Gasteiger partial charge in [-0.15, -0.1) is 0 Å². The normalized spacial score (nSPS) is 12.2. The van der Waals surface area contributed by atoms with Crippen LogP contribution in [-0.4, -0.2) is 22.5 Å². The lowest BCUT2D eigenvalue weighted by atomic mass is 10.2. The number of aromatic nitrogens is 2. The summed E-state index contributed by atoms with van der Waals surface area (Å²) < 4.78 is 1.36. The van der Waals surface area contributed by atoms with E-state index in [1.165, 1.54) is 4.57 Å². The van der Waals surface area contributed by atoms with E-state index >= 15 is 0 Å². The molecule has 0 saturated heterocycles. The summed E-state index contributed by atoms with van der Waals surface area (Å²) in [4.78, 5) is 29.9. The number of nitrogens with one attached hydrogen (secondary N) is 1. The second-order valence-electron chi connectivity index (χ2n) is 6.30. The van der Waals surface area contributed by atoms with E-state index < -0.39 is 5.91 Å². The number of nitrogens with two attached hydrogens (primary N) is 1. The molecular formula is C19H20ClN4O2+. The summed E-state index contributed by atoms with van der Waals surface area (Å²) in [5, 5.41) is 1.18. The Morgan fingerprint density at radius 3 is 2.58 bits per heavy atom. The predicted octanol–water partition coefficient (Wildman–Crippen LogP) is 0.750. The smallest absolute Gasteiger partial charge is 0.262 e. The zero-order valence-electron chi connectivity index (χ0n) is 14.4. The van der Waals surface area contributed by atoms with E-state index in [4.69, 9.17) is 17.3 Å². The second kappa shape index (κ2) is 7.68. The monoisotopic (exact) mass is 371 g/mol. The van der Waals surface area contributed by atoms with Crippen LogP contribution in [0.1, 0.15) is 11.4 Å². The van der Waals surface area contributed by atoms with Crippen molar-refractivity contribution in [2.24, 2.45) is 5.73 Å². The molecule has 2 aromatic carbocycles. The number of amides is 1. The molecule has 6 nitrogen and oxygen atoms in total. The van der Waals surface area contributed by atoms with Crippen LogP contribution in [0.15, 0.2) is 53.3 Å². The standard InChI is InChI=1S/C19H19ClN4O2/c1-23(10-13-6-2-4-8-15(13)20)12-18-22-16-9-5-3-7-14(16)19(26)24(18)11-17(21)25/h2-9H,10-12H2,1H3,(H2,21,25)/p+1. The second-order valence-corrected chi connectivity index (χ2v) is 6.71. The first-order valence-electron chi connectivity index (χ1n) is 8.27. The summed E-state index contributed by atoms with van der Waals surface area (Å²) in [5.41, 5.74) is 6.70. The first-order valence-corrected chi connectivity index (χ1v) is 8.65. The molecule has 7 heteroatoms. The summed E-state index contributed by atoms with van der Waals surface area (Å²) in [6.45, 7) is 0.933. The Morgan fingerprint density at radius 1 is 1.15 bits per heavy atom. The quantitative estimate of drug-likeness (QED) is 0.670. The fourth-order valence-corrected chi connectivity index (χ4v) is 3.17. The number of rotatable bonds is 6. The van der Waals surface area contributed by atoms with Gasteiger partial charge in [0.2, 0.25) is 5.91 Å². The van der Waals surface area contributed by atoms with E-state index in [-0.39, 0.29) is 12.1 Å². The van der Waals surface area contributed by atoms with E-state index in [1.807, 2.05) is 37.4 Å². The van der Waals surface area contributed by atoms with Gasteiger partial charge < -0.3 is 10.6 Å². The molecule has 0 aliphatic rings. The molecule has 26 heavy (non-hydrogen) atoms. The van der Waals surface area contributed by atoms with Gasteiger partial charge in [-0.1, -0.05) is 41.9 Å². The minimum absolute atomic E-state index is 0.189. The highest BCUT2D eigenvalue weighted by molar-refractivity contribution is 6.31.